The number of carbonyl (C=O) groups is 5. The van der Waals surface area contributed by atoms with Crippen molar-refractivity contribution < 1.29 is 39.3 Å². The minimum absolute atomic E-state index is 0.157. The topological polar surface area (TPSA) is 223 Å². The van der Waals surface area contributed by atoms with Gasteiger partial charge < -0.3 is 41.6 Å². The van der Waals surface area contributed by atoms with Gasteiger partial charge in [-0.15, -0.1) is 0 Å². The van der Waals surface area contributed by atoms with Crippen LogP contribution in [0, 0.1) is 0 Å². The van der Waals surface area contributed by atoms with Gasteiger partial charge in [-0.1, -0.05) is 0 Å². The molecule has 14 heteroatoms. The molecule has 0 aromatic carbocycles. The summed E-state index contributed by atoms with van der Waals surface area (Å²) < 4.78 is 0. The molecule has 2 rings (SSSR count). The van der Waals surface area contributed by atoms with E-state index >= 15 is 0 Å². The molecule has 0 radical (unpaired) electrons. The Morgan fingerprint density at radius 2 is 1.82 bits per heavy atom. The van der Waals surface area contributed by atoms with E-state index in [4.69, 9.17) is 5.11 Å². The number of aromatic amines is 1. The first-order chi connectivity index (χ1) is 15.6. The van der Waals surface area contributed by atoms with Crippen molar-refractivity contribution in [1.29, 1.82) is 0 Å². The lowest BCUT2D eigenvalue weighted by atomic mass is 10.1. The summed E-state index contributed by atoms with van der Waals surface area (Å²) in [6.07, 6.45) is 1.66. The van der Waals surface area contributed by atoms with Crippen LogP contribution in [0.15, 0.2) is 12.5 Å². The van der Waals surface area contributed by atoms with Gasteiger partial charge in [-0.3, -0.25) is 19.2 Å². The normalized spacial score (nSPS) is 19.0. The van der Waals surface area contributed by atoms with E-state index in [1.165, 1.54) is 19.4 Å². The molecule has 0 spiro atoms. The highest BCUT2D eigenvalue weighted by atomic mass is 16.4. The molecule has 1 aliphatic heterocycles. The number of carboxylic acid groups (broad SMARTS) is 2. The largest absolute Gasteiger partial charge is 0.481 e. The second kappa shape index (κ2) is 11.9. The summed E-state index contributed by atoms with van der Waals surface area (Å²) in [4.78, 5) is 66.9. The number of hydrogen-bond acceptors (Lipinski definition) is 8. The number of H-pyrrole nitrogens is 1. The summed E-state index contributed by atoms with van der Waals surface area (Å²) in [5.41, 5.74) is 0.416. The molecule has 1 fully saturated rings. The molecule has 0 bridgehead atoms. The molecular weight excluding hydrogens is 440 g/mol. The molecule has 0 aliphatic carbocycles. The van der Waals surface area contributed by atoms with Crippen LogP contribution >= 0.6 is 0 Å². The third-order valence-electron chi connectivity index (χ3n) is 5.04. The quantitative estimate of drug-likeness (QED) is 0.156. The van der Waals surface area contributed by atoms with Crippen LogP contribution in [0.5, 0.6) is 0 Å². The van der Waals surface area contributed by atoms with E-state index in [9.17, 15) is 34.2 Å². The molecule has 3 amide bonds. The van der Waals surface area contributed by atoms with Crippen LogP contribution in [-0.4, -0.2) is 91.8 Å². The van der Waals surface area contributed by atoms with Crippen LogP contribution < -0.4 is 21.3 Å². The van der Waals surface area contributed by atoms with Crippen LogP contribution in [0.25, 0.3) is 0 Å². The molecule has 1 aliphatic rings. The molecule has 1 saturated heterocycles. The van der Waals surface area contributed by atoms with Crippen molar-refractivity contribution in [3.8, 4) is 0 Å². The van der Waals surface area contributed by atoms with Gasteiger partial charge in [0.15, 0.2) is 0 Å². The second-order valence-corrected chi connectivity index (χ2v) is 7.72. The van der Waals surface area contributed by atoms with Crippen LogP contribution in [-0.2, 0) is 30.4 Å². The van der Waals surface area contributed by atoms with E-state index in [0.717, 1.165) is 6.42 Å². The van der Waals surface area contributed by atoms with Crippen molar-refractivity contribution in [2.24, 2.45) is 0 Å². The first-order valence-corrected chi connectivity index (χ1v) is 10.3. The molecule has 5 unspecified atom stereocenters. The third-order valence-corrected chi connectivity index (χ3v) is 5.04. The molecule has 182 valence electrons. The Kier molecular flexibility index (Phi) is 9.30. The van der Waals surface area contributed by atoms with E-state index in [1.54, 1.807) is 0 Å². The molecule has 8 N–H and O–H groups in total. The highest BCUT2D eigenvalue weighted by Crippen LogP contribution is 2.07. The zero-order chi connectivity index (χ0) is 24.5. The van der Waals surface area contributed by atoms with Crippen LogP contribution in [0.4, 0.5) is 0 Å². The third kappa shape index (κ3) is 7.84. The first-order valence-electron chi connectivity index (χ1n) is 10.3. The summed E-state index contributed by atoms with van der Waals surface area (Å²) in [7, 11) is 0. The second-order valence-electron chi connectivity index (χ2n) is 7.72. The maximum absolute atomic E-state index is 12.7. The fraction of sp³-hybridized carbons (Fsp3) is 0.579. The van der Waals surface area contributed by atoms with Gasteiger partial charge in [0.25, 0.3) is 0 Å². The van der Waals surface area contributed by atoms with Crippen molar-refractivity contribution in [1.82, 2.24) is 31.2 Å². The van der Waals surface area contributed by atoms with Gasteiger partial charge >= 0.3 is 11.9 Å². The molecule has 14 nitrogen and oxygen atoms in total. The zero-order valence-corrected chi connectivity index (χ0v) is 17.9. The van der Waals surface area contributed by atoms with E-state index in [0.29, 0.717) is 18.7 Å². The van der Waals surface area contributed by atoms with Crippen molar-refractivity contribution in [3.05, 3.63) is 18.2 Å². The van der Waals surface area contributed by atoms with Crippen molar-refractivity contribution >= 4 is 29.7 Å². The molecule has 5 atom stereocenters. The van der Waals surface area contributed by atoms with Gasteiger partial charge in [-0.25, -0.2) is 9.78 Å². The summed E-state index contributed by atoms with van der Waals surface area (Å²) in [5, 5.41) is 38.2. The molecule has 33 heavy (non-hydrogen) atoms. The highest BCUT2D eigenvalue weighted by Gasteiger charge is 2.34. The maximum Gasteiger partial charge on any atom is 0.326 e. The van der Waals surface area contributed by atoms with Crippen molar-refractivity contribution in [2.75, 3.05) is 6.54 Å². The number of amides is 3. The standard InChI is InChI=1S/C19H28N6O8/c1-9(26)15(25-16(29)11-3-2-4-21-11)18(31)23-12(6-14(27)28)17(30)24-13(19(32)33)5-10-7-20-8-22-10/h7-9,11-13,15,21,26H,2-6H2,1H3,(H,20,22)(H,23,31)(H,24,30)(H,25,29)(H,27,28)(H,32,33). The van der Waals surface area contributed by atoms with E-state index in [1.807, 2.05) is 0 Å². The number of rotatable bonds is 12. The summed E-state index contributed by atoms with van der Waals surface area (Å²) in [5.74, 6) is -5.36. The van der Waals surface area contributed by atoms with E-state index in [-0.39, 0.29) is 6.42 Å². The molecule has 1 aromatic rings. The maximum atomic E-state index is 12.7. The number of aliphatic carboxylic acids is 2. The Morgan fingerprint density at radius 1 is 1.12 bits per heavy atom. The Bertz CT molecular complexity index is 852. The number of carbonyl (C=O) groups excluding carboxylic acids is 3. The number of nitrogens with zero attached hydrogens (tertiary/aromatic N) is 1. The highest BCUT2D eigenvalue weighted by molar-refractivity contribution is 5.95. The molecule has 0 saturated carbocycles. The van der Waals surface area contributed by atoms with Gasteiger partial charge in [0.2, 0.25) is 17.7 Å². The van der Waals surface area contributed by atoms with Crippen molar-refractivity contribution in [3.63, 3.8) is 0 Å². The monoisotopic (exact) mass is 468 g/mol. The Morgan fingerprint density at radius 3 is 2.33 bits per heavy atom. The molecule has 2 heterocycles. The first kappa shape index (κ1) is 25.7. The van der Waals surface area contributed by atoms with Gasteiger partial charge in [-0.2, -0.15) is 0 Å². The smallest absolute Gasteiger partial charge is 0.326 e. The van der Waals surface area contributed by atoms with Gasteiger partial charge in [0.05, 0.1) is 24.9 Å². The Labute approximate surface area is 188 Å². The lowest BCUT2D eigenvalue weighted by Crippen LogP contribution is -2.60. The summed E-state index contributed by atoms with van der Waals surface area (Å²) in [6, 6.07) is -5.06. The summed E-state index contributed by atoms with van der Waals surface area (Å²) >= 11 is 0. The lowest BCUT2D eigenvalue weighted by molar-refractivity contribution is -0.143. The van der Waals surface area contributed by atoms with E-state index < -0.39 is 66.4 Å². The molecular formula is C19H28N6O8. The molecule has 1 aromatic heterocycles. The minimum Gasteiger partial charge on any atom is -0.481 e. The lowest BCUT2D eigenvalue weighted by Gasteiger charge is -2.26. The average Bonchev–Trinajstić information content (AvgIpc) is 3.44. The number of nitrogens with one attached hydrogen (secondary N) is 5. The fourth-order valence-corrected chi connectivity index (χ4v) is 3.30. The SMILES string of the molecule is CC(O)C(NC(=O)C1CCCN1)C(=O)NC(CC(=O)O)C(=O)NC(Cc1cnc[nH]1)C(=O)O. The number of aromatic nitrogens is 2. The van der Waals surface area contributed by atoms with Gasteiger partial charge in [-0.05, 0) is 26.3 Å². The number of imidazole rings is 1. The number of hydrogen-bond donors (Lipinski definition) is 8. The van der Waals surface area contributed by atoms with Crippen LogP contribution in [0.1, 0.15) is 31.9 Å². The minimum atomic E-state index is -1.65. The van der Waals surface area contributed by atoms with Crippen LogP contribution in [0.2, 0.25) is 0 Å². The number of carboxylic acids is 2. The van der Waals surface area contributed by atoms with E-state index in [2.05, 4.69) is 31.2 Å². The van der Waals surface area contributed by atoms with Crippen LogP contribution in [0.3, 0.4) is 0 Å². The fourth-order valence-electron chi connectivity index (χ4n) is 3.30. The van der Waals surface area contributed by atoms with Crippen molar-refractivity contribution in [2.45, 2.75) is 62.9 Å². The Balaban J connectivity index is 2.08. The predicted molar refractivity (Wildman–Crippen MR) is 111 cm³/mol. The Hall–Kier alpha value is -3.52. The zero-order valence-electron chi connectivity index (χ0n) is 17.9. The van der Waals surface area contributed by atoms with Gasteiger partial charge in [0.1, 0.15) is 18.1 Å². The summed E-state index contributed by atoms with van der Waals surface area (Å²) in [6.45, 7) is 1.89. The number of aliphatic hydroxyl groups excluding tert-OH is 1. The average molecular weight is 468 g/mol. The predicted octanol–water partition coefficient (Wildman–Crippen LogP) is -2.90. The van der Waals surface area contributed by atoms with Gasteiger partial charge in [0, 0.05) is 18.3 Å². The number of aliphatic hydroxyl groups is 1.